The van der Waals surface area contributed by atoms with Gasteiger partial charge < -0.3 is 10.1 Å². The van der Waals surface area contributed by atoms with E-state index in [1.165, 1.54) is 4.88 Å². The third-order valence-corrected chi connectivity index (χ3v) is 3.76. The molecule has 2 rings (SSSR count). The second-order valence-corrected chi connectivity index (χ2v) is 5.35. The van der Waals surface area contributed by atoms with Gasteiger partial charge in [-0.3, -0.25) is 0 Å². The molecule has 0 saturated heterocycles. The Balaban J connectivity index is 1.88. The van der Waals surface area contributed by atoms with Crippen molar-refractivity contribution in [2.75, 3.05) is 7.11 Å². The third kappa shape index (κ3) is 3.27. The second kappa shape index (κ2) is 5.93. The lowest BCUT2D eigenvalue weighted by atomic mass is 10.2. The zero-order valence-electron chi connectivity index (χ0n) is 10.9. The molecule has 0 aliphatic carbocycles. The molecule has 0 bridgehead atoms. The Bertz CT molecular complexity index is 505. The average molecular weight is 263 g/mol. The molecule has 96 valence electrons. The lowest BCUT2D eigenvalue weighted by Gasteiger charge is -2.04. The van der Waals surface area contributed by atoms with E-state index in [9.17, 15) is 0 Å². The summed E-state index contributed by atoms with van der Waals surface area (Å²) in [5.74, 6) is 0.648. The third-order valence-electron chi connectivity index (χ3n) is 2.69. The number of nitrogens with zero attached hydrogens (tertiary/aromatic N) is 2. The summed E-state index contributed by atoms with van der Waals surface area (Å²) in [6.07, 6.45) is 1.76. The van der Waals surface area contributed by atoms with Crippen molar-refractivity contribution in [1.29, 1.82) is 0 Å². The number of aromatic nitrogens is 2. The molecule has 0 atom stereocenters. The summed E-state index contributed by atoms with van der Waals surface area (Å²) in [6.45, 7) is 5.73. The van der Waals surface area contributed by atoms with Crippen molar-refractivity contribution in [3.05, 3.63) is 39.5 Å². The monoisotopic (exact) mass is 263 g/mol. The van der Waals surface area contributed by atoms with E-state index in [-0.39, 0.29) is 0 Å². The quantitative estimate of drug-likeness (QED) is 0.900. The van der Waals surface area contributed by atoms with Crippen LogP contribution in [0.4, 0.5) is 0 Å². The minimum Gasteiger partial charge on any atom is -0.481 e. The molecule has 5 heteroatoms. The molecule has 0 amide bonds. The Hall–Kier alpha value is -1.46. The van der Waals surface area contributed by atoms with E-state index in [0.29, 0.717) is 5.88 Å². The first kappa shape index (κ1) is 13.0. The molecule has 0 aliphatic heterocycles. The minimum absolute atomic E-state index is 0.648. The van der Waals surface area contributed by atoms with Gasteiger partial charge in [0.1, 0.15) is 5.01 Å². The van der Waals surface area contributed by atoms with Crippen molar-refractivity contribution in [3.8, 4) is 5.88 Å². The van der Waals surface area contributed by atoms with Crippen molar-refractivity contribution in [1.82, 2.24) is 15.3 Å². The van der Waals surface area contributed by atoms with E-state index in [0.717, 1.165) is 29.4 Å². The van der Waals surface area contributed by atoms with Crippen LogP contribution in [0.3, 0.4) is 0 Å². The number of hydrogen-bond donors (Lipinski definition) is 1. The Morgan fingerprint density at radius 1 is 1.33 bits per heavy atom. The fraction of sp³-hybridized carbons (Fsp3) is 0.385. The number of ether oxygens (including phenoxy) is 1. The first-order chi connectivity index (χ1) is 8.69. The van der Waals surface area contributed by atoms with E-state index < -0.39 is 0 Å². The van der Waals surface area contributed by atoms with E-state index >= 15 is 0 Å². The number of methoxy groups -OCH3 is 1. The topological polar surface area (TPSA) is 47.0 Å². The van der Waals surface area contributed by atoms with Gasteiger partial charge in [0.05, 0.1) is 12.8 Å². The maximum Gasteiger partial charge on any atom is 0.213 e. The second-order valence-electron chi connectivity index (χ2n) is 4.06. The summed E-state index contributed by atoms with van der Waals surface area (Å²) in [4.78, 5) is 9.86. The minimum atomic E-state index is 0.648. The predicted octanol–water partition coefficient (Wildman–Crippen LogP) is 2.45. The van der Waals surface area contributed by atoms with E-state index in [1.54, 1.807) is 24.6 Å². The van der Waals surface area contributed by atoms with Gasteiger partial charge in [-0.05, 0) is 25.5 Å². The number of aryl methyl sites for hydroxylation is 2. The molecule has 2 heterocycles. The van der Waals surface area contributed by atoms with Crippen LogP contribution >= 0.6 is 11.3 Å². The van der Waals surface area contributed by atoms with Crippen molar-refractivity contribution in [3.63, 3.8) is 0 Å². The van der Waals surface area contributed by atoms with E-state index in [4.69, 9.17) is 4.74 Å². The van der Waals surface area contributed by atoms with Crippen molar-refractivity contribution in [2.45, 2.75) is 26.9 Å². The number of nitrogens with one attached hydrogen (secondary N) is 1. The highest BCUT2D eigenvalue weighted by Crippen LogP contribution is 2.16. The van der Waals surface area contributed by atoms with Gasteiger partial charge in [0, 0.05) is 30.2 Å². The van der Waals surface area contributed by atoms with E-state index in [1.807, 2.05) is 19.1 Å². The summed E-state index contributed by atoms with van der Waals surface area (Å²) in [6, 6.07) is 3.92. The van der Waals surface area contributed by atoms with Gasteiger partial charge in [0.2, 0.25) is 5.88 Å². The van der Waals surface area contributed by atoms with Crippen LogP contribution in [0, 0.1) is 13.8 Å². The zero-order valence-corrected chi connectivity index (χ0v) is 11.7. The Kier molecular flexibility index (Phi) is 4.28. The molecule has 0 fully saturated rings. The van der Waals surface area contributed by atoms with Gasteiger partial charge in [0.15, 0.2) is 0 Å². The van der Waals surface area contributed by atoms with Crippen LogP contribution < -0.4 is 10.1 Å². The maximum absolute atomic E-state index is 5.09. The Morgan fingerprint density at radius 3 is 2.83 bits per heavy atom. The number of thiazole rings is 1. The summed E-state index contributed by atoms with van der Waals surface area (Å²) in [5.41, 5.74) is 2.29. The Morgan fingerprint density at radius 2 is 2.17 bits per heavy atom. The highest BCUT2D eigenvalue weighted by Gasteiger charge is 2.03. The SMILES string of the molecule is COc1cc(CNCc2nc(C)c(C)s2)ccn1. The molecule has 0 aromatic carbocycles. The van der Waals surface area contributed by atoms with Gasteiger partial charge in [-0.1, -0.05) is 0 Å². The fourth-order valence-electron chi connectivity index (χ4n) is 1.60. The summed E-state index contributed by atoms with van der Waals surface area (Å²) >= 11 is 1.75. The summed E-state index contributed by atoms with van der Waals surface area (Å²) in [7, 11) is 1.63. The highest BCUT2D eigenvalue weighted by atomic mass is 32.1. The molecule has 0 radical (unpaired) electrons. The molecule has 18 heavy (non-hydrogen) atoms. The molecule has 0 unspecified atom stereocenters. The number of hydrogen-bond acceptors (Lipinski definition) is 5. The molecule has 0 aliphatic rings. The van der Waals surface area contributed by atoms with Gasteiger partial charge in [-0.25, -0.2) is 9.97 Å². The largest absolute Gasteiger partial charge is 0.481 e. The predicted molar refractivity (Wildman–Crippen MR) is 72.9 cm³/mol. The smallest absolute Gasteiger partial charge is 0.213 e. The van der Waals surface area contributed by atoms with Gasteiger partial charge >= 0.3 is 0 Å². The molecule has 2 aromatic rings. The van der Waals surface area contributed by atoms with E-state index in [2.05, 4.69) is 22.2 Å². The number of rotatable bonds is 5. The van der Waals surface area contributed by atoms with Crippen molar-refractivity contribution < 1.29 is 4.74 Å². The fourth-order valence-corrected chi connectivity index (χ4v) is 2.50. The molecule has 2 aromatic heterocycles. The molecule has 0 saturated carbocycles. The Labute approximate surface area is 111 Å². The van der Waals surface area contributed by atoms with Crippen LogP contribution in [-0.4, -0.2) is 17.1 Å². The molecular weight excluding hydrogens is 246 g/mol. The average Bonchev–Trinajstić information content (AvgIpc) is 2.69. The molecule has 0 spiro atoms. The maximum atomic E-state index is 5.09. The molecule has 1 N–H and O–H groups in total. The molecule has 4 nitrogen and oxygen atoms in total. The lowest BCUT2D eigenvalue weighted by molar-refractivity contribution is 0.397. The van der Waals surface area contributed by atoms with Gasteiger partial charge in [-0.2, -0.15) is 0 Å². The highest BCUT2D eigenvalue weighted by molar-refractivity contribution is 7.11. The summed E-state index contributed by atoms with van der Waals surface area (Å²) < 4.78 is 5.09. The van der Waals surface area contributed by atoms with Crippen LogP contribution in [0.15, 0.2) is 18.3 Å². The normalized spacial score (nSPS) is 10.6. The number of pyridine rings is 1. The van der Waals surface area contributed by atoms with Crippen LogP contribution in [0.2, 0.25) is 0 Å². The van der Waals surface area contributed by atoms with Crippen LogP contribution in [0.1, 0.15) is 21.1 Å². The van der Waals surface area contributed by atoms with Gasteiger partial charge in [0.25, 0.3) is 0 Å². The zero-order chi connectivity index (χ0) is 13.0. The summed E-state index contributed by atoms with van der Waals surface area (Å²) in [5, 5.41) is 4.50. The van der Waals surface area contributed by atoms with Crippen LogP contribution in [0.5, 0.6) is 5.88 Å². The first-order valence-corrected chi connectivity index (χ1v) is 6.63. The lowest BCUT2D eigenvalue weighted by Crippen LogP contribution is -2.12. The standard InChI is InChI=1S/C13H17N3OS/c1-9-10(2)18-13(16-9)8-14-7-11-4-5-15-12(6-11)17-3/h4-6,14H,7-8H2,1-3H3. The first-order valence-electron chi connectivity index (χ1n) is 5.81. The van der Waals surface area contributed by atoms with Crippen LogP contribution in [-0.2, 0) is 13.1 Å². The van der Waals surface area contributed by atoms with Crippen LogP contribution in [0.25, 0.3) is 0 Å². The van der Waals surface area contributed by atoms with Gasteiger partial charge in [-0.15, -0.1) is 11.3 Å². The van der Waals surface area contributed by atoms with Crippen molar-refractivity contribution in [2.24, 2.45) is 0 Å². The van der Waals surface area contributed by atoms with Crippen molar-refractivity contribution >= 4 is 11.3 Å². The molecular formula is C13H17N3OS.